The number of imide groups is 1. The summed E-state index contributed by atoms with van der Waals surface area (Å²) in [5.74, 6) is 0.0248. The molecule has 8 heteroatoms. The van der Waals surface area contributed by atoms with Gasteiger partial charge in [0.2, 0.25) is 5.91 Å². The topological polar surface area (TPSA) is 101 Å². The van der Waals surface area contributed by atoms with Crippen molar-refractivity contribution in [3.63, 3.8) is 0 Å². The first-order valence-electron chi connectivity index (χ1n) is 10.1. The monoisotopic (exact) mass is 411 g/mol. The molecule has 2 N–H and O–H groups in total. The van der Waals surface area contributed by atoms with E-state index in [0.717, 1.165) is 29.1 Å². The molecule has 30 heavy (non-hydrogen) atoms. The highest BCUT2D eigenvalue weighted by molar-refractivity contribution is 6.11. The molecule has 158 valence electrons. The molecule has 0 bridgehead atoms. The molecule has 1 saturated heterocycles. The van der Waals surface area contributed by atoms with Gasteiger partial charge in [-0.25, -0.2) is 9.69 Å². The molecule has 1 aromatic carbocycles. The van der Waals surface area contributed by atoms with Crippen molar-refractivity contribution in [3.05, 3.63) is 54.0 Å². The van der Waals surface area contributed by atoms with E-state index in [2.05, 4.69) is 10.6 Å². The van der Waals surface area contributed by atoms with Crippen LogP contribution in [-0.2, 0) is 27.5 Å². The maximum absolute atomic E-state index is 12.8. The lowest BCUT2D eigenvalue weighted by Gasteiger charge is -2.23. The Morgan fingerprint density at radius 1 is 1.23 bits per heavy atom. The molecule has 1 atom stereocenters. The second-order valence-corrected chi connectivity index (χ2v) is 7.83. The first-order chi connectivity index (χ1) is 14.5. The zero-order valence-electron chi connectivity index (χ0n) is 16.8. The fourth-order valence-electron chi connectivity index (χ4n) is 4.08. The maximum atomic E-state index is 12.8. The van der Waals surface area contributed by atoms with Crippen LogP contribution < -0.4 is 10.6 Å². The lowest BCUT2D eigenvalue weighted by Crippen LogP contribution is -2.48. The molecule has 1 spiro atoms. The highest BCUT2D eigenvalue weighted by atomic mass is 16.5. The van der Waals surface area contributed by atoms with Gasteiger partial charge in [0.1, 0.15) is 23.9 Å². The zero-order chi connectivity index (χ0) is 21.1. The smallest absolute Gasteiger partial charge is 0.325 e. The molecule has 2 aliphatic rings. The van der Waals surface area contributed by atoms with Crippen LogP contribution in [0.3, 0.4) is 0 Å². The molecule has 0 radical (unpaired) electrons. The summed E-state index contributed by atoms with van der Waals surface area (Å²) in [6.45, 7) is 2.28. The van der Waals surface area contributed by atoms with Crippen LogP contribution in [0.4, 0.5) is 10.5 Å². The van der Waals surface area contributed by atoms with Crippen molar-refractivity contribution in [2.24, 2.45) is 0 Å². The minimum Gasteiger partial charge on any atom is -0.467 e. The van der Waals surface area contributed by atoms with Crippen LogP contribution in [-0.4, -0.2) is 34.3 Å². The Kier molecular flexibility index (Phi) is 5.59. The maximum Gasteiger partial charge on any atom is 0.325 e. The van der Waals surface area contributed by atoms with Crippen LogP contribution in [0, 0.1) is 0 Å². The van der Waals surface area contributed by atoms with Crippen molar-refractivity contribution in [2.75, 3.05) is 5.32 Å². The molecule has 1 saturated carbocycles. The van der Waals surface area contributed by atoms with Gasteiger partial charge in [-0.2, -0.15) is 0 Å². The van der Waals surface area contributed by atoms with Gasteiger partial charge in [0.15, 0.2) is 0 Å². The normalized spacial score (nSPS) is 18.6. The van der Waals surface area contributed by atoms with Crippen LogP contribution in [0.5, 0.6) is 0 Å². The number of benzene rings is 1. The molecule has 1 aliphatic carbocycles. The van der Waals surface area contributed by atoms with Gasteiger partial charge in [-0.1, -0.05) is 25.0 Å². The van der Waals surface area contributed by atoms with E-state index >= 15 is 0 Å². The Hall–Kier alpha value is -3.13. The van der Waals surface area contributed by atoms with Crippen molar-refractivity contribution >= 4 is 23.5 Å². The third kappa shape index (κ3) is 3.95. The summed E-state index contributed by atoms with van der Waals surface area (Å²) in [6.07, 6.45) is 4.64. The standard InChI is InChI=1S/C22H25N3O5/c1-15(25-20(27)22(24-21(25)28)9-2-3-10-22)19(26)23-17-7-4-6-16(12-17)13-29-14-18-8-5-11-30-18/h4-8,11-12,15H,2-3,9-10,13-14H2,1H3,(H,23,26)(H,24,28). The van der Waals surface area contributed by atoms with Gasteiger partial charge < -0.3 is 19.8 Å². The van der Waals surface area contributed by atoms with Gasteiger partial charge in [-0.3, -0.25) is 9.59 Å². The quantitative estimate of drug-likeness (QED) is 0.682. The number of urea groups is 1. The number of ether oxygens (including phenoxy) is 1. The molecule has 1 unspecified atom stereocenters. The van der Waals surface area contributed by atoms with Crippen molar-refractivity contribution in [2.45, 2.75) is 57.4 Å². The van der Waals surface area contributed by atoms with Crippen LogP contribution in [0.25, 0.3) is 0 Å². The largest absolute Gasteiger partial charge is 0.467 e. The lowest BCUT2D eigenvalue weighted by molar-refractivity contribution is -0.136. The number of carbonyl (C=O) groups is 3. The molecule has 1 aromatic heterocycles. The fraction of sp³-hybridized carbons (Fsp3) is 0.409. The second kappa shape index (κ2) is 8.31. The molecule has 2 heterocycles. The number of rotatable bonds is 7. The van der Waals surface area contributed by atoms with Gasteiger partial charge in [-0.15, -0.1) is 0 Å². The Morgan fingerprint density at radius 2 is 2.03 bits per heavy atom. The molecule has 4 amide bonds. The third-order valence-corrected chi connectivity index (χ3v) is 5.70. The minimum atomic E-state index is -0.906. The van der Waals surface area contributed by atoms with Crippen molar-refractivity contribution in [1.29, 1.82) is 0 Å². The van der Waals surface area contributed by atoms with E-state index in [9.17, 15) is 14.4 Å². The Bertz CT molecular complexity index is 934. The van der Waals surface area contributed by atoms with Gasteiger partial charge in [0, 0.05) is 5.69 Å². The van der Waals surface area contributed by atoms with Crippen LogP contribution in [0.1, 0.15) is 43.9 Å². The molecule has 2 fully saturated rings. The number of anilines is 1. The van der Waals surface area contributed by atoms with Gasteiger partial charge in [0.05, 0.1) is 12.9 Å². The lowest BCUT2D eigenvalue weighted by atomic mass is 9.97. The summed E-state index contributed by atoms with van der Waals surface area (Å²) < 4.78 is 10.9. The number of hydrogen-bond acceptors (Lipinski definition) is 5. The number of nitrogens with zero attached hydrogens (tertiary/aromatic N) is 1. The molecular weight excluding hydrogens is 386 g/mol. The Morgan fingerprint density at radius 3 is 2.77 bits per heavy atom. The van der Waals surface area contributed by atoms with Crippen LogP contribution in [0.15, 0.2) is 47.1 Å². The summed E-state index contributed by atoms with van der Waals surface area (Å²) in [5, 5.41) is 5.60. The summed E-state index contributed by atoms with van der Waals surface area (Å²) in [5.41, 5.74) is 0.636. The van der Waals surface area contributed by atoms with E-state index in [0.29, 0.717) is 31.7 Å². The van der Waals surface area contributed by atoms with Gasteiger partial charge in [-0.05, 0) is 49.6 Å². The second-order valence-electron chi connectivity index (χ2n) is 7.83. The highest BCUT2D eigenvalue weighted by Crippen LogP contribution is 2.35. The summed E-state index contributed by atoms with van der Waals surface area (Å²) in [4.78, 5) is 39.0. The zero-order valence-corrected chi connectivity index (χ0v) is 16.8. The summed E-state index contributed by atoms with van der Waals surface area (Å²) in [7, 11) is 0. The Balaban J connectivity index is 1.36. The third-order valence-electron chi connectivity index (χ3n) is 5.70. The van der Waals surface area contributed by atoms with Gasteiger partial charge in [0.25, 0.3) is 5.91 Å². The summed E-state index contributed by atoms with van der Waals surface area (Å²) >= 11 is 0. The minimum absolute atomic E-state index is 0.298. The first-order valence-corrected chi connectivity index (χ1v) is 10.1. The van der Waals surface area contributed by atoms with E-state index in [-0.39, 0.29) is 5.91 Å². The van der Waals surface area contributed by atoms with Crippen molar-refractivity contribution in [3.8, 4) is 0 Å². The average Bonchev–Trinajstić information content (AvgIpc) is 3.45. The molecule has 4 rings (SSSR count). The number of amides is 4. The fourth-order valence-corrected chi connectivity index (χ4v) is 4.08. The number of furan rings is 1. The van der Waals surface area contributed by atoms with Crippen LogP contribution in [0.2, 0.25) is 0 Å². The molecular formula is C22H25N3O5. The van der Waals surface area contributed by atoms with Crippen molar-refractivity contribution < 1.29 is 23.5 Å². The van der Waals surface area contributed by atoms with Crippen molar-refractivity contribution in [1.82, 2.24) is 10.2 Å². The van der Waals surface area contributed by atoms with Gasteiger partial charge >= 0.3 is 6.03 Å². The van der Waals surface area contributed by atoms with E-state index < -0.39 is 23.5 Å². The first kappa shape index (κ1) is 20.2. The molecule has 1 aliphatic heterocycles. The Labute approximate surface area is 174 Å². The van der Waals surface area contributed by atoms with E-state index in [1.165, 1.54) is 0 Å². The van der Waals surface area contributed by atoms with E-state index in [1.807, 2.05) is 18.2 Å². The molecule has 2 aromatic rings. The van der Waals surface area contributed by atoms with Crippen LogP contribution >= 0.6 is 0 Å². The highest BCUT2D eigenvalue weighted by Gasteiger charge is 2.54. The number of nitrogens with one attached hydrogen (secondary N) is 2. The van der Waals surface area contributed by atoms with E-state index in [1.54, 1.807) is 31.4 Å². The predicted octanol–water partition coefficient (Wildman–Crippen LogP) is 3.19. The number of carbonyl (C=O) groups excluding carboxylic acids is 3. The molecule has 8 nitrogen and oxygen atoms in total. The summed E-state index contributed by atoms with van der Waals surface area (Å²) in [6, 6.07) is 9.50. The SMILES string of the molecule is CC(C(=O)Nc1cccc(COCc2ccco2)c1)N1C(=O)NC2(CCCC2)C1=O. The predicted molar refractivity (Wildman–Crippen MR) is 108 cm³/mol. The average molecular weight is 411 g/mol. The van der Waals surface area contributed by atoms with E-state index in [4.69, 9.17) is 9.15 Å². The number of hydrogen-bond donors (Lipinski definition) is 2.